The van der Waals surface area contributed by atoms with Crippen molar-refractivity contribution in [3.8, 4) is 11.5 Å². The molecule has 3 amide bonds. The molecule has 1 heterocycles. The van der Waals surface area contributed by atoms with E-state index < -0.39 is 34.1 Å². The van der Waals surface area contributed by atoms with Gasteiger partial charge in [-0.1, -0.05) is 12.1 Å². The lowest BCUT2D eigenvalue weighted by Crippen LogP contribution is -2.30. The third-order valence-electron chi connectivity index (χ3n) is 4.02. The van der Waals surface area contributed by atoms with Gasteiger partial charge in [-0.15, -0.1) is 0 Å². The predicted molar refractivity (Wildman–Crippen MR) is 94.8 cm³/mol. The number of halogens is 1. The smallest absolute Gasteiger partial charge is 0.329 e. The first-order valence-electron chi connectivity index (χ1n) is 7.94. The molecule has 0 radical (unpaired) electrons. The van der Waals surface area contributed by atoms with E-state index in [1.165, 1.54) is 43.5 Å². The summed E-state index contributed by atoms with van der Waals surface area (Å²) in [4.78, 5) is 35.8. The first kappa shape index (κ1) is 18.8. The maximum absolute atomic E-state index is 13.0. The highest BCUT2D eigenvalue weighted by Gasteiger charge is 2.33. The van der Waals surface area contributed by atoms with E-state index >= 15 is 0 Å². The van der Waals surface area contributed by atoms with Gasteiger partial charge in [0, 0.05) is 6.07 Å². The van der Waals surface area contributed by atoms with E-state index in [0.29, 0.717) is 5.56 Å². The number of carbonyl (C=O) groups is 2. The van der Waals surface area contributed by atoms with Crippen LogP contribution in [0.4, 0.5) is 14.9 Å². The van der Waals surface area contributed by atoms with Gasteiger partial charge in [-0.25, -0.2) is 9.18 Å². The number of phenolic OH excluding ortho intramolecular Hbond substituents is 1. The SMILES string of the molecule is COc1cc(C=C2NC(=O)N(Cc3ccc(F)cc3)C2=O)cc([N+](=O)[O-])c1O. The average molecular weight is 387 g/mol. The van der Waals surface area contributed by atoms with E-state index in [0.717, 1.165) is 11.0 Å². The molecule has 1 aliphatic rings. The topological polar surface area (TPSA) is 122 Å². The number of rotatable bonds is 5. The van der Waals surface area contributed by atoms with Crippen LogP contribution < -0.4 is 10.1 Å². The molecule has 2 aromatic carbocycles. The molecule has 0 atom stereocenters. The summed E-state index contributed by atoms with van der Waals surface area (Å²) in [5, 5.41) is 23.3. The van der Waals surface area contributed by atoms with Gasteiger partial charge in [-0.2, -0.15) is 0 Å². The Hall–Kier alpha value is -3.95. The van der Waals surface area contributed by atoms with E-state index in [-0.39, 0.29) is 23.6 Å². The van der Waals surface area contributed by atoms with Gasteiger partial charge in [0.25, 0.3) is 5.91 Å². The number of phenols is 1. The Morgan fingerprint density at radius 3 is 2.57 bits per heavy atom. The highest BCUT2D eigenvalue weighted by Crippen LogP contribution is 2.37. The van der Waals surface area contributed by atoms with Crippen molar-refractivity contribution in [1.29, 1.82) is 0 Å². The van der Waals surface area contributed by atoms with Gasteiger partial charge >= 0.3 is 11.7 Å². The third-order valence-corrected chi connectivity index (χ3v) is 4.02. The number of imide groups is 1. The molecule has 10 heteroatoms. The number of benzene rings is 2. The quantitative estimate of drug-likeness (QED) is 0.352. The summed E-state index contributed by atoms with van der Waals surface area (Å²) >= 11 is 0. The Morgan fingerprint density at radius 1 is 1.29 bits per heavy atom. The van der Waals surface area contributed by atoms with Crippen LogP contribution in [0, 0.1) is 15.9 Å². The van der Waals surface area contributed by atoms with Crippen molar-refractivity contribution in [2.75, 3.05) is 7.11 Å². The summed E-state index contributed by atoms with van der Waals surface area (Å²) in [7, 11) is 1.22. The minimum Gasteiger partial charge on any atom is -0.500 e. The summed E-state index contributed by atoms with van der Waals surface area (Å²) in [5.74, 6) is -1.89. The number of amides is 3. The molecule has 0 aliphatic carbocycles. The Labute approximate surface area is 157 Å². The van der Waals surface area contributed by atoms with Gasteiger partial charge in [-0.3, -0.25) is 19.8 Å². The van der Waals surface area contributed by atoms with E-state index in [4.69, 9.17) is 4.74 Å². The summed E-state index contributed by atoms with van der Waals surface area (Å²) in [6, 6.07) is 6.99. The van der Waals surface area contributed by atoms with Crippen molar-refractivity contribution < 1.29 is 28.7 Å². The zero-order chi connectivity index (χ0) is 20.4. The summed E-state index contributed by atoms with van der Waals surface area (Å²) in [5.41, 5.74) is 0.0158. The average Bonchev–Trinajstić information content (AvgIpc) is 2.91. The van der Waals surface area contributed by atoms with Crippen molar-refractivity contribution in [2.24, 2.45) is 0 Å². The fourth-order valence-electron chi connectivity index (χ4n) is 2.65. The first-order valence-corrected chi connectivity index (χ1v) is 7.94. The molecule has 0 spiro atoms. The number of carbonyl (C=O) groups excluding carboxylic acids is 2. The number of methoxy groups -OCH3 is 1. The van der Waals surface area contributed by atoms with E-state index in [1.807, 2.05) is 0 Å². The van der Waals surface area contributed by atoms with Crippen molar-refractivity contribution in [3.63, 3.8) is 0 Å². The molecule has 1 fully saturated rings. The van der Waals surface area contributed by atoms with Crippen molar-refractivity contribution in [2.45, 2.75) is 6.54 Å². The van der Waals surface area contributed by atoms with Gasteiger partial charge < -0.3 is 15.2 Å². The predicted octanol–water partition coefficient (Wildman–Crippen LogP) is 2.54. The number of nitrogens with one attached hydrogen (secondary N) is 1. The van der Waals surface area contributed by atoms with Crippen LogP contribution in [0.15, 0.2) is 42.1 Å². The van der Waals surface area contributed by atoms with E-state index in [1.54, 1.807) is 0 Å². The summed E-state index contributed by atoms with van der Waals surface area (Å²) < 4.78 is 17.9. The number of aromatic hydroxyl groups is 1. The molecule has 0 unspecified atom stereocenters. The summed E-state index contributed by atoms with van der Waals surface area (Å²) in [6.45, 7) is -0.0681. The van der Waals surface area contributed by atoms with Crippen molar-refractivity contribution in [1.82, 2.24) is 10.2 Å². The maximum Gasteiger partial charge on any atom is 0.329 e. The van der Waals surface area contributed by atoms with Gasteiger partial charge in [0.2, 0.25) is 5.75 Å². The number of ether oxygens (including phenoxy) is 1. The highest BCUT2D eigenvalue weighted by molar-refractivity contribution is 6.13. The van der Waals surface area contributed by atoms with Gasteiger partial charge in [-0.05, 0) is 35.4 Å². The van der Waals surface area contributed by atoms with Gasteiger partial charge in [0.05, 0.1) is 18.6 Å². The number of hydrogen-bond donors (Lipinski definition) is 2. The maximum atomic E-state index is 13.0. The van der Waals surface area contributed by atoms with Crippen LogP contribution in [0.3, 0.4) is 0 Å². The molecule has 9 nitrogen and oxygen atoms in total. The van der Waals surface area contributed by atoms with Crippen LogP contribution >= 0.6 is 0 Å². The van der Waals surface area contributed by atoms with E-state index in [2.05, 4.69) is 5.32 Å². The van der Waals surface area contributed by atoms with Crippen LogP contribution in [0.25, 0.3) is 6.08 Å². The Bertz CT molecular complexity index is 1000. The number of nitro groups is 1. The molecule has 1 saturated heterocycles. The van der Waals surface area contributed by atoms with Crippen LogP contribution in [0.5, 0.6) is 11.5 Å². The molecular weight excluding hydrogens is 373 g/mol. The fourth-order valence-corrected chi connectivity index (χ4v) is 2.65. The van der Waals surface area contributed by atoms with Crippen LogP contribution in [0.1, 0.15) is 11.1 Å². The molecule has 1 aliphatic heterocycles. The molecule has 0 aromatic heterocycles. The van der Waals surface area contributed by atoms with Crippen LogP contribution in [-0.2, 0) is 11.3 Å². The zero-order valence-corrected chi connectivity index (χ0v) is 14.5. The van der Waals surface area contributed by atoms with Crippen LogP contribution in [0.2, 0.25) is 0 Å². The molecule has 144 valence electrons. The van der Waals surface area contributed by atoms with Crippen molar-refractivity contribution in [3.05, 3.63) is 69.2 Å². The molecule has 0 bridgehead atoms. The first-order chi connectivity index (χ1) is 13.3. The lowest BCUT2D eigenvalue weighted by atomic mass is 10.1. The summed E-state index contributed by atoms with van der Waals surface area (Å²) in [6.07, 6.45) is 1.24. The number of urea groups is 1. The second kappa shape index (κ2) is 7.35. The second-order valence-electron chi connectivity index (χ2n) is 5.85. The highest BCUT2D eigenvalue weighted by atomic mass is 19.1. The number of nitrogens with zero attached hydrogens (tertiary/aromatic N) is 2. The lowest BCUT2D eigenvalue weighted by molar-refractivity contribution is -0.386. The Morgan fingerprint density at radius 2 is 1.96 bits per heavy atom. The molecule has 3 rings (SSSR count). The minimum absolute atomic E-state index is 0.0681. The fraction of sp³-hybridized carbons (Fsp3) is 0.111. The normalized spacial score (nSPS) is 15.1. The zero-order valence-electron chi connectivity index (χ0n) is 14.5. The largest absolute Gasteiger partial charge is 0.500 e. The van der Waals surface area contributed by atoms with Crippen LogP contribution in [-0.4, -0.2) is 34.0 Å². The van der Waals surface area contributed by atoms with Gasteiger partial charge in [0.1, 0.15) is 11.5 Å². The molecular formula is C18H14FN3O6. The number of hydrogen-bond acceptors (Lipinski definition) is 6. The van der Waals surface area contributed by atoms with Crippen molar-refractivity contribution >= 4 is 23.7 Å². The molecule has 2 N–H and O–H groups in total. The Kier molecular flexibility index (Phi) is 4.94. The second-order valence-corrected chi connectivity index (χ2v) is 5.85. The standard InChI is InChI=1S/C18H14FN3O6/c1-28-15-8-11(7-14(16(15)23)22(26)27)6-13-17(24)21(18(25)20-13)9-10-2-4-12(19)5-3-10/h2-8,23H,9H2,1H3,(H,20,25). The van der Waals surface area contributed by atoms with Gasteiger partial charge in [0.15, 0.2) is 5.75 Å². The number of nitro benzene ring substituents is 1. The molecule has 0 saturated carbocycles. The molecule has 2 aromatic rings. The van der Waals surface area contributed by atoms with E-state index in [9.17, 15) is 29.2 Å². The monoisotopic (exact) mass is 387 g/mol. The third kappa shape index (κ3) is 3.61. The molecule has 28 heavy (non-hydrogen) atoms. The lowest BCUT2D eigenvalue weighted by Gasteiger charge is -2.11. The minimum atomic E-state index is -0.796. The Balaban J connectivity index is 1.90.